The predicted molar refractivity (Wildman–Crippen MR) is 105 cm³/mol. The van der Waals surface area contributed by atoms with Crippen molar-refractivity contribution in [3.8, 4) is 0 Å². The molecule has 1 unspecified atom stereocenters. The van der Waals surface area contributed by atoms with Crippen molar-refractivity contribution in [1.82, 2.24) is 24.9 Å². The predicted octanol–water partition coefficient (Wildman–Crippen LogP) is 2.47. The first-order valence-electron chi connectivity index (χ1n) is 10.4. The number of amides is 2. The standard InChI is InChI=1S/C21H27N5O3/c1-4-15-19(18(5-2)29-24-15)21(28)26-9-6-7-17(26)20-22-11-14-12-25(13(3)27)10-8-16(14)23-20/h11,17H,4-10,12H2,1-3H3. The summed E-state index contributed by atoms with van der Waals surface area (Å²) in [6, 6.07) is -0.136. The molecule has 154 valence electrons. The van der Waals surface area contributed by atoms with Gasteiger partial charge in [0.2, 0.25) is 5.91 Å². The van der Waals surface area contributed by atoms with Gasteiger partial charge in [-0.05, 0) is 19.3 Å². The van der Waals surface area contributed by atoms with E-state index in [4.69, 9.17) is 9.51 Å². The number of rotatable bonds is 4. The van der Waals surface area contributed by atoms with Crippen LogP contribution in [0.1, 0.15) is 78.5 Å². The normalized spacial score (nSPS) is 18.8. The van der Waals surface area contributed by atoms with Crippen LogP contribution in [-0.4, -0.2) is 49.8 Å². The molecule has 0 N–H and O–H groups in total. The topological polar surface area (TPSA) is 92.4 Å². The fraction of sp³-hybridized carbons (Fsp3) is 0.571. The number of carbonyl (C=O) groups is 2. The third kappa shape index (κ3) is 3.52. The number of aromatic nitrogens is 3. The molecule has 29 heavy (non-hydrogen) atoms. The van der Waals surface area contributed by atoms with Gasteiger partial charge in [0.1, 0.15) is 11.3 Å². The first kappa shape index (κ1) is 19.5. The summed E-state index contributed by atoms with van der Waals surface area (Å²) in [5.74, 6) is 1.37. The van der Waals surface area contributed by atoms with Crippen LogP contribution in [0.25, 0.3) is 0 Å². The lowest BCUT2D eigenvalue weighted by Crippen LogP contribution is -2.36. The molecule has 2 aromatic heterocycles. The second kappa shape index (κ2) is 7.93. The third-order valence-corrected chi connectivity index (χ3v) is 5.91. The molecule has 1 saturated heterocycles. The molecule has 0 bridgehead atoms. The largest absolute Gasteiger partial charge is 0.360 e. The van der Waals surface area contributed by atoms with E-state index in [0.717, 1.165) is 30.5 Å². The first-order chi connectivity index (χ1) is 14.0. The lowest BCUT2D eigenvalue weighted by atomic mass is 10.1. The van der Waals surface area contributed by atoms with Crippen LogP contribution < -0.4 is 0 Å². The first-order valence-corrected chi connectivity index (χ1v) is 10.4. The van der Waals surface area contributed by atoms with Crippen LogP contribution in [-0.2, 0) is 30.6 Å². The average Bonchev–Trinajstić information content (AvgIpc) is 3.39. The van der Waals surface area contributed by atoms with Gasteiger partial charge in [-0.25, -0.2) is 9.97 Å². The maximum Gasteiger partial charge on any atom is 0.260 e. The van der Waals surface area contributed by atoms with Crippen LogP contribution >= 0.6 is 0 Å². The number of fused-ring (bicyclic) bond motifs is 1. The van der Waals surface area contributed by atoms with Crippen molar-refractivity contribution in [3.63, 3.8) is 0 Å². The van der Waals surface area contributed by atoms with Gasteiger partial charge in [-0.2, -0.15) is 0 Å². The van der Waals surface area contributed by atoms with Crippen LogP contribution in [0, 0.1) is 0 Å². The van der Waals surface area contributed by atoms with Gasteiger partial charge in [0.05, 0.1) is 17.4 Å². The molecule has 0 aliphatic carbocycles. The summed E-state index contributed by atoms with van der Waals surface area (Å²) in [5, 5.41) is 4.09. The van der Waals surface area contributed by atoms with E-state index in [2.05, 4.69) is 10.1 Å². The van der Waals surface area contributed by atoms with Gasteiger partial charge in [0.25, 0.3) is 5.91 Å². The van der Waals surface area contributed by atoms with Crippen molar-refractivity contribution in [2.45, 2.75) is 65.5 Å². The van der Waals surface area contributed by atoms with Crippen molar-refractivity contribution < 1.29 is 14.1 Å². The van der Waals surface area contributed by atoms with Crippen molar-refractivity contribution in [2.24, 2.45) is 0 Å². The molecule has 0 aromatic carbocycles. The monoisotopic (exact) mass is 397 g/mol. The lowest BCUT2D eigenvalue weighted by molar-refractivity contribution is -0.129. The van der Waals surface area contributed by atoms with E-state index in [-0.39, 0.29) is 17.9 Å². The van der Waals surface area contributed by atoms with E-state index in [1.165, 1.54) is 0 Å². The van der Waals surface area contributed by atoms with Crippen LogP contribution in [0.5, 0.6) is 0 Å². The van der Waals surface area contributed by atoms with Gasteiger partial charge < -0.3 is 14.3 Å². The molecule has 1 atom stereocenters. The molecule has 8 nitrogen and oxygen atoms in total. The molecule has 4 rings (SSSR count). The smallest absolute Gasteiger partial charge is 0.260 e. The van der Waals surface area contributed by atoms with Crippen molar-refractivity contribution in [2.75, 3.05) is 13.1 Å². The Hall–Kier alpha value is -2.77. The Kier molecular flexibility index (Phi) is 5.34. The summed E-state index contributed by atoms with van der Waals surface area (Å²) in [6.45, 7) is 7.44. The van der Waals surface area contributed by atoms with Gasteiger partial charge in [-0.1, -0.05) is 19.0 Å². The van der Waals surface area contributed by atoms with Gasteiger partial charge >= 0.3 is 0 Å². The third-order valence-electron chi connectivity index (χ3n) is 5.91. The number of hydrogen-bond donors (Lipinski definition) is 0. The molecule has 8 heteroatoms. The van der Waals surface area contributed by atoms with E-state index in [0.29, 0.717) is 55.3 Å². The molecular weight excluding hydrogens is 370 g/mol. The number of nitrogens with zero attached hydrogens (tertiary/aromatic N) is 5. The van der Waals surface area contributed by atoms with Gasteiger partial charge in [0.15, 0.2) is 5.82 Å². The fourth-order valence-electron chi connectivity index (χ4n) is 4.27. The zero-order valence-corrected chi connectivity index (χ0v) is 17.3. The molecule has 4 heterocycles. The summed E-state index contributed by atoms with van der Waals surface area (Å²) in [4.78, 5) is 38.1. The number of hydrogen-bond acceptors (Lipinski definition) is 6. The second-order valence-electron chi connectivity index (χ2n) is 7.68. The van der Waals surface area contributed by atoms with E-state index < -0.39 is 0 Å². The second-order valence-corrected chi connectivity index (χ2v) is 7.68. The zero-order valence-electron chi connectivity index (χ0n) is 17.3. The Balaban J connectivity index is 1.60. The minimum atomic E-state index is -0.136. The van der Waals surface area contributed by atoms with E-state index >= 15 is 0 Å². The Morgan fingerprint density at radius 3 is 2.79 bits per heavy atom. The molecule has 0 saturated carbocycles. The molecule has 1 fully saturated rings. The maximum atomic E-state index is 13.4. The van der Waals surface area contributed by atoms with Gasteiger partial charge in [-0.15, -0.1) is 0 Å². The fourth-order valence-corrected chi connectivity index (χ4v) is 4.27. The molecule has 2 amide bonds. The van der Waals surface area contributed by atoms with E-state index in [1.807, 2.05) is 24.9 Å². The highest BCUT2D eigenvalue weighted by molar-refractivity contribution is 5.96. The lowest BCUT2D eigenvalue weighted by Gasteiger charge is -2.28. The van der Waals surface area contributed by atoms with Crippen molar-refractivity contribution in [1.29, 1.82) is 0 Å². The molecular formula is C21H27N5O3. The van der Waals surface area contributed by atoms with Crippen molar-refractivity contribution >= 4 is 11.8 Å². The Labute approximate surface area is 170 Å². The molecule has 0 spiro atoms. The highest BCUT2D eigenvalue weighted by Gasteiger charge is 2.36. The number of aryl methyl sites for hydroxylation is 2. The quantitative estimate of drug-likeness (QED) is 0.787. The average molecular weight is 397 g/mol. The summed E-state index contributed by atoms with van der Waals surface area (Å²) in [5.41, 5.74) is 3.30. The molecule has 0 radical (unpaired) electrons. The highest BCUT2D eigenvalue weighted by atomic mass is 16.5. The minimum absolute atomic E-state index is 0.0356. The SMILES string of the molecule is CCc1noc(CC)c1C(=O)N1CCCC1c1ncc2c(n1)CCN(C(C)=O)C2. The number of carbonyl (C=O) groups excluding carboxylic acids is 2. The Bertz CT molecular complexity index is 917. The number of likely N-dealkylation sites (tertiary alicyclic amines) is 1. The Morgan fingerprint density at radius 2 is 2.07 bits per heavy atom. The molecule has 2 aliphatic heterocycles. The highest BCUT2D eigenvalue weighted by Crippen LogP contribution is 2.33. The zero-order chi connectivity index (χ0) is 20.5. The van der Waals surface area contributed by atoms with Crippen molar-refractivity contribution in [3.05, 3.63) is 40.3 Å². The molecule has 2 aromatic rings. The molecule has 2 aliphatic rings. The summed E-state index contributed by atoms with van der Waals surface area (Å²) < 4.78 is 5.40. The van der Waals surface area contributed by atoms with Gasteiger partial charge in [-0.3, -0.25) is 9.59 Å². The van der Waals surface area contributed by atoms with Crippen LogP contribution in [0.4, 0.5) is 0 Å². The van der Waals surface area contributed by atoms with Gasteiger partial charge in [0, 0.05) is 51.2 Å². The van der Waals surface area contributed by atoms with Crippen LogP contribution in [0.2, 0.25) is 0 Å². The summed E-state index contributed by atoms with van der Waals surface area (Å²) >= 11 is 0. The van der Waals surface area contributed by atoms with Crippen LogP contribution in [0.15, 0.2) is 10.7 Å². The summed E-state index contributed by atoms with van der Waals surface area (Å²) in [6.07, 6.45) is 5.60. The van der Waals surface area contributed by atoms with Crippen LogP contribution in [0.3, 0.4) is 0 Å². The maximum absolute atomic E-state index is 13.4. The van der Waals surface area contributed by atoms with E-state index in [9.17, 15) is 9.59 Å². The minimum Gasteiger partial charge on any atom is -0.360 e. The van der Waals surface area contributed by atoms with E-state index in [1.54, 1.807) is 11.8 Å². The Morgan fingerprint density at radius 1 is 1.24 bits per heavy atom. The summed E-state index contributed by atoms with van der Waals surface area (Å²) in [7, 11) is 0.